The van der Waals surface area contributed by atoms with Crippen molar-refractivity contribution < 1.29 is 9.84 Å². The van der Waals surface area contributed by atoms with Gasteiger partial charge in [0.2, 0.25) is 0 Å². The van der Waals surface area contributed by atoms with E-state index >= 15 is 0 Å². The molecule has 0 amide bonds. The monoisotopic (exact) mass is 128 g/mol. The fourth-order valence-electron chi connectivity index (χ4n) is 1.83. The van der Waals surface area contributed by atoms with E-state index in [1.807, 2.05) is 0 Å². The Morgan fingerprint density at radius 2 is 1.67 bits per heavy atom. The standard InChI is InChI=1S/C7H12O2/c8-5-3-6-1-2-7(4-5)9-6/h5-8H,1-4H2/t6-,7-/m1/s1. The zero-order chi connectivity index (χ0) is 6.27. The van der Waals surface area contributed by atoms with Gasteiger partial charge in [0.1, 0.15) is 0 Å². The van der Waals surface area contributed by atoms with Crippen LogP contribution in [0.3, 0.4) is 0 Å². The first-order chi connectivity index (χ1) is 4.34. The first-order valence-electron chi connectivity index (χ1n) is 3.68. The molecule has 2 aliphatic heterocycles. The number of aliphatic hydroxyl groups is 1. The van der Waals surface area contributed by atoms with E-state index in [2.05, 4.69) is 0 Å². The van der Waals surface area contributed by atoms with E-state index in [1.54, 1.807) is 0 Å². The predicted octanol–water partition coefficient (Wildman–Crippen LogP) is 0.689. The molecule has 0 aromatic rings. The van der Waals surface area contributed by atoms with Gasteiger partial charge in [-0.25, -0.2) is 0 Å². The van der Waals surface area contributed by atoms with Crippen molar-refractivity contribution >= 4 is 0 Å². The summed E-state index contributed by atoms with van der Waals surface area (Å²) >= 11 is 0. The molecule has 0 aromatic carbocycles. The molecule has 9 heavy (non-hydrogen) atoms. The van der Waals surface area contributed by atoms with Gasteiger partial charge in [-0.05, 0) is 25.7 Å². The topological polar surface area (TPSA) is 29.5 Å². The molecule has 2 heteroatoms. The first-order valence-corrected chi connectivity index (χ1v) is 3.68. The van der Waals surface area contributed by atoms with Gasteiger partial charge in [-0.3, -0.25) is 0 Å². The molecule has 2 fully saturated rings. The second-order valence-corrected chi connectivity index (χ2v) is 3.08. The minimum atomic E-state index is -0.0729. The van der Waals surface area contributed by atoms with Gasteiger partial charge in [-0.1, -0.05) is 0 Å². The van der Waals surface area contributed by atoms with Crippen molar-refractivity contribution in [2.45, 2.75) is 44.0 Å². The van der Waals surface area contributed by atoms with Crippen LogP contribution in [0, 0.1) is 0 Å². The molecule has 2 bridgehead atoms. The Kier molecular flexibility index (Phi) is 1.24. The fourth-order valence-corrected chi connectivity index (χ4v) is 1.83. The van der Waals surface area contributed by atoms with Gasteiger partial charge in [0, 0.05) is 0 Å². The van der Waals surface area contributed by atoms with Crippen molar-refractivity contribution in [3.05, 3.63) is 0 Å². The summed E-state index contributed by atoms with van der Waals surface area (Å²) in [6, 6.07) is 0. The molecule has 52 valence electrons. The molecule has 2 aliphatic rings. The van der Waals surface area contributed by atoms with Crippen molar-refractivity contribution in [1.29, 1.82) is 0 Å². The third-order valence-corrected chi connectivity index (χ3v) is 2.27. The molecule has 0 saturated carbocycles. The maximum absolute atomic E-state index is 9.21. The summed E-state index contributed by atoms with van der Waals surface area (Å²) in [5.41, 5.74) is 0. The number of fused-ring (bicyclic) bond motifs is 2. The van der Waals surface area contributed by atoms with Crippen LogP contribution in [0.15, 0.2) is 0 Å². The van der Waals surface area contributed by atoms with E-state index in [0.29, 0.717) is 12.2 Å². The summed E-state index contributed by atoms with van der Waals surface area (Å²) < 4.78 is 5.51. The van der Waals surface area contributed by atoms with Crippen molar-refractivity contribution in [3.63, 3.8) is 0 Å². The lowest BCUT2D eigenvalue weighted by Gasteiger charge is -2.24. The maximum Gasteiger partial charge on any atom is 0.0604 e. The largest absolute Gasteiger partial charge is 0.393 e. The molecule has 0 unspecified atom stereocenters. The van der Waals surface area contributed by atoms with E-state index in [9.17, 15) is 5.11 Å². The van der Waals surface area contributed by atoms with Gasteiger partial charge in [-0.2, -0.15) is 0 Å². The van der Waals surface area contributed by atoms with Crippen LogP contribution in [0.1, 0.15) is 25.7 Å². The van der Waals surface area contributed by atoms with Crippen LogP contribution < -0.4 is 0 Å². The third-order valence-electron chi connectivity index (χ3n) is 2.27. The van der Waals surface area contributed by atoms with Crippen LogP contribution >= 0.6 is 0 Å². The second-order valence-electron chi connectivity index (χ2n) is 3.08. The number of ether oxygens (including phenoxy) is 1. The highest BCUT2D eigenvalue weighted by molar-refractivity contribution is 4.83. The third kappa shape index (κ3) is 0.970. The quantitative estimate of drug-likeness (QED) is 0.520. The van der Waals surface area contributed by atoms with Crippen molar-refractivity contribution in [2.24, 2.45) is 0 Å². The number of hydrogen-bond donors (Lipinski definition) is 1. The first kappa shape index (κ1) is 5.69. The average molecular weight is 128 g/mol. The molecule has 2 atom stereocenters. The Labute approximate surface area is 54.8 Å². The van der Waals surface area contributed by atoms with Gasteiger partial charge in [0.25, 0.3) is 0 Å². The highest BCUT2D eigenvalue weighted by Gasteiger charge is 2.33. The summed E-state index contributed by atoms with van der Waals surface area (Å²) in [6.45, 7) is 0. The molecule has 0 spiro atoms. The van der Waals surface area contributed by atoms with Crippen molar-refractivity contribution in [3.8, 4) is 0 Å². The fraction of sp³-hybridized carbons (Fsp3) is 1.00. The van der Waals surface area contributed by atoms with Gasteiger partial charge >= 0.3 is 0 Å². The zero-order valence-corrected chi connectivity index (χ0v) is 5.42. The summed E-state index contributed by atoms with van der Waals surface area (Å²) in [4.78, 5) is 0. The normalized spacial score (nSPS) is 49.7. The molecular weight excluding hydrogens is 116 g/mol. The Morgan fingerprint density at radius 1 is 1.11 bits per heavy atom. The molecule has 2 rings (SSSR count). The Bertz CT molecular complexity index is 101. The minimum Gasteiger partial charge on any atom is -0.393 e. The zero-order valence-electron chi connectivity index (χ0n) is 5.42. The van der Waals surface area contributed by atoms with E-state index in [4.69, 9.17) is 4.74 Å². The highest BCUT2D eigenvalue weighted by atomic mass is 16.5. The Morgan fingerprint density at radius 3 is 2.22 bits per heavy atom. The maximum atomic E-state index is 9.21. The highest BCUT2D eigenvalue weighted by Crippen LogP contribution is 2.31. The molecule has 2 saturated heterocycles. The van der Waals surface area contributed by atoms with Gasteiger partial charge in [-0.15, -0.1) is 0 Å². The predicted molar refractivity (Wildman–Crippen MR) is 33.1 cm³/mol. The van der Waals surface area contributed by atoms with Crippen molar-refractivity contribution in [2.75, 3.05) is 0 Å². The van der Waals surface area contributed by atoms with E-state index in [0.717, 1.165) is 12.8 Å². The van der Waals surface area contributed by atoms with Crippen LogP contribution in [0.5, 0.6) is 0 Å². The van der Waals surface area contributed by atoms with E-state index in [-0.39, 0.29) is 6.10 Å². The number of rotatable bonds is 0. The lowest BCUT2D eigenvalue weighted by molar-refractivity contribution is -0.0520. The lowest BCUT2D eigenvalue weighted by Crippen LogP contribution is -2.28. The molecule has 1 N–H and O–H groups in total. The molecule has 0 aromatic heterocycles. The van der Waals surface area contributed by atoms with Gasteiger partial charge in [0.05, 0.1) is 18.3 Å². The summed E-state index contributed by atoms with van der Waals surface area (Å²) in [5.74, 6) is 0. The van der Waals surface area contributed by atoms with Gasteiger partial charge in [0.15, 0.2) is 0 Å². The minimum absolute atomic E-state index is 0.0729. The van der Waals surface area contributed by atoms with Crippen LogP contribution in [0.2, 0.25) is 0 Å². The Hall–Kier alpha value is -0.0800. The van der Waals surface area contributed by atoms with Crippen LogP contribution in [-0.2, 0) is 4.74 Å². The van der Waals surface area contributed by atoms with Gasteiger partial charge < -0.3 is 9.84 Å². The van der Waals surface area contributed by atoms with Crippen LogP contribution in [0.4, 0.5) is 0 Å². The molecule has 0 aliphatic carbocycles. The summed E-state index contributed by atoms with van der Waals surface area (Å²) in [7, 11) is 0. The summed E-state index contributed by atoms with van der Waals surface area (Å²) in [5, 5.41) is 9.21. The summed E-state index contributed by atoms with van der Waals surface area (Å²) in [6.07, 6.45) is 4.78. The molecule has 2 heterocycles. The van der Waals surface area contributed by atoms with Crippen LogP contribution in [0.25, 0.3) is 0 Å². The molecule has 0 radical (unpaired) electrons. The second kappa shape index (κ2) is 1.96. The number of hydrogen-bond acceptors (Lipinski definition) is 2. The molecule has 2 nitrogen and oxygen atoms in total. The Balaban J connectivity index is 2.03. The van der Waals surface area contributed by atoms with Crippen LogP contribution in [-0.4, -0.2) is 23.4 Å². The number of aliphatic hydroxyl groups excluding tert-OH is 1. The van der Waals surface area contributed by atoms with Crippen molar-refractivity contribution in [1.82, 2.24) is 0 Å². The van der Waals surface area contributed by atoms with E-state index < -0.39 is 0 Å². The smallest absolute Gasteiger partial charge is 0.0604 e. The average Bonchev–Trinajstić information content (AvgIpc) is 2.11. The molecular formula is C7H12O2. The SMILES string of the molecule is OC1C[C@H]2CC[C@H](C1)O2. The lowest BCUT2D eigenvalue weighted by atomic mass is 10.1. The van der Waals surface area contributed by atoms with E-state index in [1.165, 1.54) is 12.8 Å².